The Morgan fingerprint density at radius 3 is 2.86 bits per heavy atom. The number of rotatable bonds is 4. The van der Waals surface area contributed by atoms with Crippen LogP contribution in [0.2, 0.25) is 0 Å². The summed E-state index contributed by atoms with van der Waals surface area (Å²) >= 11 is 0. The number of hydrogen-bond donors (Lipinski definition) is 1. The van der Waals surface area contributed by atoms with E-state index in [1.807, 2.05) is 0 Å². The third-order valence-corrected chi connectivity index (χ3v) is 4.94. The van der Waals surface area contributed by atoms with Gasteiger partial charge in [0.1, 0.15) is 0 Å². The van der Waals surface area contributed by atoms with Gasteiger partial charge < -0.3 is 5.32 Å². The van der Waals surface area contributed by atoms with E-state index in [1.54, 1.807) is 0 Å². The number of hydrogen-bond acceptors (Lipinski definition) is 2. The van der Waals surface area contributed by atoms with Crippen LogP contribution >= 0.6 is 0 Å². The molecule has 114 valence electrons. The van der Waals surface area contributed by atoms with Gasteiger partial charge in [-0.2, -0.15) is 0 Å². The molecule has 0 aromatic heterocycles. The van der Waals surface area contributed by atoms with Crippen molar-refractivity contribution in [3.8, 4) is 0 Å². The summed E-state index contributed by atoms with van der Waals surface area (Å²) in [4.78, 5) is 14.8. The van der Waals surface area contributed by atoms with Crippen molar-refractivity contribution in [3.63, 3.8) is 0 Å². The van der Waals surface area contributed by atoms with Crippen molar-refractivity contribution in [1.29, 1.82) is 0 Å². The number of nitrogens with one attached hydrogen (secondary N) is 1. The number of amides is 1. The van der Waals surface area contributed by atoms with Gasteiger partial charge in [-0.3, -0.25) is 9.69 Å². The highest BCUT2D eigenvalue weighted by atomic mass is 16.2. The summed E-state index contributed by atoms with van der Waals surface area (Å²) < 4.78 is 0. The molecule has 1 aliphatic carbocycles. The van der Waals surface area contributed by atoms with Gasteiger partial charge in [0.25, 0.3) is 0 Å². The predicted molar refractivity (Wildman–Crippen MR) is 85.3 cm³/mol. The van der Waals surface area contributed by atoms with Crippen molar-refractivity contribution in [2.24, 2.45) is 0 Å². The summed E-state index contributed by atoms with van der Waals surface area (Å²) in [6.07, 6.45) is 6.59. The van der Waals surface area contributed by atoms with E-state index >= 15 is 0 Å². The van der Waals surface area contributed by atoms with Crippen LogP contribution in [0, 0.1) is 6.92 Å². The molecule has 0 bridgehead atoms. The molecule has 1 aromatic rings. The minimum absolute atomic E-state index is 0.0309. The van der Waals surface area contributed by atoms with Crippen LogP contribution in [-0.4, -0.2) is 36.0 Å². The molecule has 0 unspecified atom stereocenters. The molecule has 3 heteroatoms. The van der Waals surface area contributed by atoms with Crippen LogP contribution in [0.3, 0.4) is 0 Å². The second-order valence-corrected chi connectivity index (χ2v) is 6.93. The molecule has 1 aromatic carbocycles. The van der Waals surface area contributed by atoms with Crippen LogP contribution in [0.15, 0.2) is 24.3 Å². The zero-order valence-electron chi connectivity index (χ0n) is 13.2. The molecule has 1 saturated heterocycles. The lowest BCUT2D eigenvalue weighted by Gasteiger charge is -2.32. The van der Waals surface area contributed by atoms with Crippen LogP contribution in [0.1, 0.15) is 43.2 Å². The van der Waals surface area contributed by atoms with Crippen LogP contribution in [0.4, 0.5) is 0 Å². The van der Waals surface area contributed by atoms with E-state index < -0.39 is 0 Å². The molecule has 1 heterocycles. The summed E-state index contributed by atoms with van der Waals surface area (Å²) in [5, 5.41) is 3.35. The lowest BCUT2D eigenvalue weighted by Crippen LogP contribution is -2.51. The molecular weight excluding hydrogens is 260 g/mol. The number of aryl methyl sites for hydroxylation is 1. The summed E-state index contributed by atoms with van der Waals surface area (Å²) in [6, 6.07) is 8.72. The Bertz CT molecular complexity index is 522. The van der Waals surface area contributed by atoms with E-state index in [2.05, 4.69) is 48.5 Å². The number of likely N-dealkylation sites (N-methyl/N-ethyl adjacent to an activating group) is 1. The highest BCUT2D eigenvalue weighted by Gasteiger charge is 2.45. The molecule has 0 radical (unpaired) electrons. The van der Waals surface area contributed by atoms with Crippen molar-refractivity contribution in [2.75, 3.05) is 13.6 Å². The minimum Gasteiger partial charge on any atom is -0.349 e. The lowest BCUT2D eigenvalue weighted by molar-refractivity contribution is -0.128. The Morgan fingerprint density at radius 2 is 2.19 bits per heavy atom. The molecule has 3 rings (SSSR count). The molecule has 2 fully saturated rings. The Labute approximate surface area is 127 Å². The molecule has 1 aliphatic heterocycles. The van der Waals surface area contributed by atoms with Crippen molar-refractivity contribution < 1.29 is 4.79 Å². The number of carbonyl (C=O) groups is 1. The normalized spacial score (nSPS) is 24.6. The smallest absolute Gasteiger partial charge is 0.237 e. The van der Waals surface area contributed by atoms with Crippen LogP contribution in [0.25, 0.3) is 0 Å². The number of carbonyl (C=O) groups excluding carboxylic acids is 1. The number of piperidine rings is 1. The monoisotopic (exact) mass is 286 g/mol. The Balaban J connectivity index is 1.62. The van der Waals surface area contributed by atoms with E-state index in [-0.39, 0.29) is 17.5 Å². The second-order valence-electron chi connectivity index (χ2n) is 6.93. The number of benzene rings is 1. The molecule has 1 saturated carbocycles. The molecular formula is C18H26N2O. The third kappa shape index (κ3) is 3.46. The first-order valence-electron chi connectivity index (χ1n) is 8.16. The largest absolute Gasteiger partial charge is 0.349 e. The second kappa shape index (κ2) is 5.80. The van der Waals surface area contributed by atoms with Gasteiger partial charge in [0.2, 0.25) is 5.91 Å². The first-order valence-corrected chi connectivity index (χ1v) is 8.16. The Hall–Kier alpha value is -1.35. The first-order chi connectivity index (χ1) is 10.1. The fraction of sp³-hybridized carbons (Fsp3) is 0.611. The van der Waals surface area contributed by atoms with Crippen molar-refractivity contribution in [2.45, 2.75) is 57.0 Å². The van der Waals surface area contributed by atoms with E-state index in [9.17, 15) is 4.79 Å². The lowest BCUT2D eigenvalue weighted by atomic mass is 9.99. The summed E-state index contributed by atoms with van der Waals surface area (Å²) in [5.74, 6) is 0.238. The quantitative estimate of drug-likeness (QED) is 0.923. The molecule has 2 aliphatic rings. The van der Waals surface area contributed by atoms with Gasteiger partial charge in [-0.05, 0) is 58.2 Å². The zero-order chi connectivity index (χ0) is 14.9. The maximum atomic E-state index is 12.6. The highest BCUT2D eigenvalue weighted by Crippen LogP contribution is 2.39. The van der Waals surface area contributed by atoms with Crippen LogP contribution in [-0.2, 0) is 11.2 Å². The highest BCUT2D eigenvalue weighted by molar-refractivity contribution is 5.83. The van der Waals surface area contributed by atoms with Crippen LogP contribution in [0.5, 0.6) is 0 Å². The number of likely N-dealkylation sites (tertiary alicyclic amines) is 1. The van der Waals surface area contributed by atoms with Crippen LogP contribution < -0.4 is 5.32 Å². The van der Waals surface area contributed by atoms with E-state index in [1.165, 1.54) is 24.0 Å². The first kappa shape index (κ1) is 14.6. The van der Waals surface area contributed by atoms with Gasteiger partial charge >= 0.3 is 0 Å². The van der Waals surface area contributed by atoms with Crippen molar-refractivity contribution in [3.05, 3.63) is 35.4 Å². The SMILES string of the molecule is Cc1cccc(CC2(NC(=O)[C@@H]3CCCCN3C)CC2)c1. The average molecular weight is 286 g/mol. The Kier molecular flexibility index (Phi) is 4.03. The molecule has 21 heavy (non-hydrogen) atoms. The molecule has 1 amide bonds. The molecule has 1 N–H and O–H groups in total. The van der Waals surface area contributed by atoms with Gasteiger partial charge in [0.05, 0.1) is 6.04 Å². The minimum atomic E-state index is 0.0309. The fourth-order valence-corrected chi connectivity index (χ4v) is 3.46. The third-order valence-electron chi connectivity index (χ3n) is 4.94. The van der Waals surface area contributed by atoms with Gasteiger partial charge in [0.15, 0.2) is 0 Å². The van der Waals surface area contributed by atoms with Gasteiger partial charge in [-0.15, -0.1) is 0 Å². The van der Waals surface area contributed by atoms with E-state index in [0.717, 1.165) is 32.2 Å². The summed E-state index contributed by atoms with van der Waals surface area (Å²) in [7, 11) is 2.07. The maximum absolute atomic E-state index is 12.6. The van der Waals surface area contributed by atoms with Crippen molar-refractivity contribution in [1.82, 2.24) is 10.2 Å². The summed E-state index contributed by atoms with van der Waals surface area (Å²) in [6.45, 7) is 3.17. The predicted octanol–water partition coefficient (Wildman–Crippen LogP) is 2.67. The van der Waals surface area contributed by atoms with Gasteiger partial charge in [-0.1, -0.05) is 36.2 Å². The molecule has 0 spiro atoms. The topological polar surface area (TPSA) is 32.3 Å². The van der Waals surface area contributed by atoms with Gasteiger partial charge in [-0.25, -0.2) is 0 Å². The van der Waals surface area contributed by atoms with Gasteiger partial charge in [0, 0.05) is 5.54 Å². The average Bonchev–Trinajstić information content (AvgIpc) is 3.18. The molecule has 1 atom stereocenters. The summed E-state index contributed by atoms with van der Waals surface area (Å²) in [5.41, 5.74) is 2.66. The number of nitrogens with zero attached hydrogens (tertiary/aromatic N) is 1. The maximum Gasteiger partial charge on any atom is 0.237 e. The zero-order valence-corrected chi connectivity index (χ0v) is 13.2. The Morgan fingerprint density at radius 1 is 1.38 bits per heavy atom. The molecule has 3 nitrogen and oxygen atoms in total. The van der Waals surface area contributed by atoms with E-state index in [0.29, 0.717) is 0 Å². The fourth-order valence-electron chi connectivity index (χ4n) is 3.46. The van der Waals surface area contributed by atoms with E-state index in [4.69, 9.17) is 0 Å². The standard InChI is InChI=1S/C18H26N2O/c1-14-6-5-7-15(12-14)13-18(9-10-18)19-17(21)16-8-3-4-11-20(16)2/h5-7,12,16H,3-4,8-11,13H2,1-2H3,(H,19,21)/t16-/m0/s1. The van der Waals surface area contributed by atoms with Crippen molar-refractivity contribution >= 4 is 5.91 Å².